The van der Waals surface area contributed by atoms with Gasteiger partial charge in [-0.2, -0.15) is 0 Å². The van der Waals surface area contributed by atoms with Gasteiger partial charge in [0.05, 0.1) is 0 Å². The van der Waals surface area contributed by atoms with E-state index in [0.29, 0.717) is 0 Å². The molecule has 2 saturated heterocycles. The Morgan fingerprint density at radius 1 is 1.29 bits per heavy atom. The van der Waals surface area contributed by atoms with E-state index in [1.807, 2.05) is 18.5 Å². The van der Waals surface area contributed by atoms with Crippen molar-refractivity contribution in [3.8, 4) is 0 Å². The molecule has 1 unspecified atom stereocenters. The predicted octanol–water partition coefficient (Wildman–Crippen LogP) is 1.40. The zero-order valence-corrected chi connectivity index (χ0v) is 10.4. The van der Waals surface area contributed by atoms with Gasteiger partial charge in [-0.3, -0.25) is 9.88 Å². The third-order valence-electron chi connectivity index (χ3n) is 4.11. The molecule has 2 aliphatic heterocycles. The highest BCUT2D eigenvalue weighted by atomic mass is 15.3. The van der Waals surface area contributed by atoms with E-state index in [4.69, 9.17) is 0 Å². The minimum absolute atomic E-state index is 0.845. The smallest absolute Gasteiger partial charge is 0.0300 e. The number of fused-ring (bicyclic) bond motifs is 1. The van der Waals surface area contributed by atoms with Crippen LogP contribution in [0.25, 0.3) is 0 Å². The Balaban J connectivity index is 1.50. The molecule has 3 nitrogen and oxygen atoms in total. The number of hydrogen-bond donors (Lipinski definition) is 0. The zero-order valence-electron chi connectivity index (χ0n) is 10.4. The van der Waals surface area contributed by atoms with Crippen LogP contribution < -0.4 is 0 Å². The Kier molecular flexibility index (Phi) is 3.39. The number of pyridine rings is 1. The van der Waals surface area contributed by atoms with Gasteiger partial charge < -0.3 is 4.90 Å². The summed E-state index contributed by atoms with van der Waals surface area (Å²) >= 11 is 0. The average Bonchev–Trinajstić information content (AvgIpc) is 2.85. The van der Waals surface area contributed by atoms with E-state index >= 15 is 0 Å². The molecular formula is C14H21N3. The molecule has 1 aromatic rings. The van der Waals surface area contributed by atoms with Crippen molar-refractivity contribution in [1.29, 1.82) is 0 Å². The molecule has 3 rings (SSSR count). The Bertz CT molecular complexity index is 352. The Morgan fingerprint density at radius 2 is 2.29 bits per heavy atom. The average molecular weight is 231 g/mol. The molecule has 0 aromatic carbocycles. The Hall–Kier alpha value is -0.930. The summed E-state index contributed by atoms with van der Waals surface area (Å²) in [4.78, 5) is 9.47. The highest BCUT2D eigenvalue weighted by molar-refractivity contribution is 5.08. The first-order valence-electron chi connectivity index (χ1n) is 6.77. The Labute approximate surface area is 103 Å². The molecule has 92 valence electrons. The van der Waals surface area contributed by atoms with E-state index in [-0.39, 0.29) is 0 Å². The summed E-state index contributed by atoms with van der Waals surface area (Å²) in [5.41, 5.74) is 1.36. The lowest BCUT2D eigenvalue weighted by molar-refractivity contribution is 0.105. The SMILES string of the molecule is c1cncc(CCN2CCN3CCCC3C2)c1. The van der Waals surface area contributed by atoms with Crippen LogP contribution in [0.15, 0.2) is 24.5 Å². The topological polar surface area (TPSA) is 19.4 Å². The van der Waals surface area contributed by atoms with Crippen molar-refractivity contribution in [1.82, 2.24) is 14.8 Å². The summed E-state index contributed by atoms with van der Waals surface area (Å²) in [7, 11) is 0. The van der Waals surface area contributed by atoms with Crippen molar-refractivity contribution in [3.63, 3.8) is 0 Å². The molecule has 0 bridgehead atoms. The highest BCUT2D eigenvalue weighted by Crippen LogP contribution is 2.21. The molecular weight excluding hydrogens is 210 g/mol. The fourth-order valence-electron chi connectivity index (χ4n) is 3.09. The molecule has 0 N–H and O–H groups in total. The summed E-state index contributed by atoms with van der Waals surface area (Å²) < 4.78 is 0. The first-order valence-corrected chi connectivity index (χ1v) is 6.77. The van der Waals surface area contributed by atoms with Gasteiger partial charge in [-0.15, -0.1) is 0 Å². The molecule has 3 heteroatoms. The molecule has 17 heavy (non-hydrogen) atoms. The maximum Gasteiger partial charge on any atom is 0.0300 e. The minimum Gasteiger partial charge on any atom is -0.300 e. The van der Waals surface area contributed by atoms with Gasteiger partial charge >= 0.3 is 0 Å². The van der Waals surface area contributed by atoms with Gasteiger partial charge in [0, 0.05) is 44.6 Å². The molecule has 2 fully saturated rings. The maximum atomic E-state index is 4.17. The van der Waals surface area contributed by atoms with E-state index in [0.717, 1.165) is 12.5 Å². The van der Waals surface area contributed by atoms with Crippen LogP contribution in [-0.4, -0.2) is 53.5 Å². The van der Waals surface area contributed by atoms with Crippen LogP contribution in [0.5, 0.6) is 0 Å². The number of piperazine rings is 1. The van der Waals surface area contributed by atoms with E-state index in [2.05, 4.69) is 20.9 Å². The van der Waals surface area contributed by atoms with Crippen LogP contribution in [0, 0.1) is 0 Å². The number of hydrogen-bond acceptors (Lipinski definition) is 3. The number of rotatable bonds is 3. The molecule has 0 radical (unpaired) electrons. The number of aromatic nitrogens is 1. The van der Waals surface area contributed by atoms with Crippen LogP contribution in [0.4, 0.5) is 0 Å². The summed E-state index contributed by atoms with van der Waals surface area (Å²) in [5, 5.41) is 0. The van der Waals surface area contributed by atoms with Crippen LogP contribution in [0.1, 0.15) is 18.4 Å². The number of nitrogens with zero attached hydrogens (tertiary/aromatic N) is 3. The fraction of sp³-hybridized carbons (Fsp3) is 0.643. The summed E-state index contributed by atoms with van der Waals surface area (Å²) in [6, 6.07) is 5.06. The first kappa shape index (κ1) is 11.2. The van der Waals surface area contributed by atoms with Crippen molar-refractivity contribution >= 4 is 0 Å². The third kappa shape index (κ3) is 2.67. The maximum absolute atomic E-state index is 4.17. The minimum atomic E-state index is 0.845. The zero-order chi connectivity index (χ0) is 11.5. The van der Waals surface area contributed by atoms with Gasteiger partial charge in [-0.05, 0) is 37.4 Å². The quantitative estimate of drug-likeness (QED) is 0.784. The summed E-state index contributed by atoms with van der Waals surface area (Å²) in [6.07, 6.45) is 7.79. The molecule has 0 aliphatic carbocycles. The van der Waals surface area contributed by atoms with E-state index in [1.165, 1.54) is 51.1 Å². The predicted molar refractivity (Wildman–Crippen MR) is 69.0 cm³/mol. The third-order valence-corrected chi connectivity index (χ3v) is 4.11. The lowest BCUT2D eigenvalue weighted by atomic mass is 10.1. The summed E-state index contributed by atoms with van der Waals surface area (Å²) in [6.45, 7) is 6.33. The van der Waals surface area contributed by atoms with E-state index < -0.39 is 0 Å². The monoisotopic (exact) mass is 231 g/mol. The molecule has 3 heterocycles. The van der Waals surface area contributed by atoms with Crippen molar-refractivity contribution in [2.45, 2.75) is 25.3 Å². The van der Waals surface area contributed by atoms with Crippen LogP contribution in [0.3, 0.4) is 0 Å². The van der Waals surface area contributed by atoms with Crippen molar-refractivity contribution in [2.24, 2.45) is 0 Å². The molecule has 1 atom stereocenters. The molecule has 2 aliphatic rings. The first-order chi connectivity index (χ1) is 8.42. The van der Waals surface area contributed by atoms with Gasteiger partial charge in [0.25, 0.3) is 0 Å². The second kappa shape index (κ2) is 5.15. The molecule has 0 saturated carbocycles. The van der Waals surface area contributed by atoms with Gasteiger partial charge in [-0.25, -0.2) is 0 Å². The molecule has 0 spiro atoms. The molecule has 1 aromatic heterocycles. The second-order valence-corrected chi connectivity index (χ2v) is 5.24. The second-order valence-electron chi connectivity index (χ2n) is 5.24. The van der Waals surface area contributed by atoms with Crippen LogP contribution in [-0.2, 0) is 6.42 Å². The Morgan fingerprint density at radius 3 is 3.18 bits per heavy atom. The van der Waals surface area contributed by atoms with Crippen LogP contribution >= 0.6 is 0 Å². The van der Waals surface area contributed by atoms with Crippen molar-refractivity contribution in [3.05, 3.63) is 30.1 Å². The van der Waals surface area contributed by atoms with Gasteiger partial charge in [0.1, 0.15) is 0 Å². The highest BCUT2D eigenvalue weighted by Gasteiger charge is 2.29. The normalized spacial score (nSPS) is 26.0. The fourth-order valence-corrected chi connectivity index (χ4v) is 3.09. The van der Waals surface area contributed by atoms with Gasteiger partial charge in [0.2, 0.25) is 0 Å². The largest absolute Gasteiger partial charge is 0.300 e. The summed E-state index contributed by atoms with van der Waals surface area (Å²) in [5.74, 6) is 0. The lowest BCUT2D eigenvalue weighted by Crippen LogP contribution is -2.50. The standard InChI is InChI=1S/C14H21N3/c1-3-13(11-15-6-1)5-8-16-9-10-17-7-2-4-14(17)12-16/h1,3,6,11,14H,2,4-5,7-10,12H2. The molecule has 0 amide bonds. The van der Waals surface area contributed by atoms with Crippen molar-refractivity contribution in [2.75, 3.05) is 32.7 Å². The van der Waals surface area contributed by atoms with Gasteiger partial charge in [-0.1, -0.05) is 6.07 Å². The van der Waals surface area contributed by atoms with E-state index in [1.54, 1.807) is 0 Å². The van der Waals surface area contributed by atoms with Crippen molar-refractivity contribution < 1.29 is 0 Å². The van der Waals surface area contributed by atoms with Crippen LogP contribution in [0.2, 0.25) is 0 Å². The van der Waals surface area contributed by atoms with Gasteiger partial charge in [0.15, 0.2) is 0 Å². The van der Waals surface area contributed by atoms with E-state index in [9.17, 15) is 0 Å². The lowest BCUT2D eigenvalue weighted by Gasteiger charge is -2.37.